The number of benzene rings is 1. The van der Waals surface area contributed by atoms with Crippen molar-refractivity contribution in [2.75, 3.05) is 46.0 Å². The number of ether oxygens (including phenoxy) is 2. The Morgan fingerprint density at radius 3 is 2.85 bits per heavy atom. The van der Waals surface area contributed by atoms with Gasteiger partial charge in [0, 0.05) is 31.4 Å². The molecule has 0 bridgehead atoms. The third-order valence-electron chi connectivity index (χ3n) is 4.09. The predicted molar refractivity (Wildman–Crippen MR) is 102 cm³/mol. The normalized spacial score (nSPS) is 14.3. The van der Waals surface area contributed by atoms with Gasteiger partial charge in [0.05, 0.1) is 25.5 Å². The van der Waals surface area contributed by atoms with Crippen LogP contribution in [0.15, 0.2) is 36.5 Å². The Bertz CT molecular complexity index is 802. The number of nitrogens with zero attached hydrogens (tertiary/aromatic N) is 3. The van der Waals surface area contributed by atoms with Crippen LogP contribution in [-0.4, -0.2) is 66.5 Å². The van der Waals surface area contributed by atoms with E-state index in [2.05, 4.69) is 27.0 Å². The molecule has 0 unspecified atom stereocenters. The first-order valence-corrected chi connectivity index (χ1v) is 9.03. The van der Waals surface area contributed by atoms with Gasteiger partial charge in [0.25, 0.3) is 0 Å². The first kappa shape index (κ1) is 19.0. The van der Waals surface area contributed by atoms with E-state index < -0.39 is 0 Å². The van der Waals surface area contributed by atoms with Crippen molar-refractivity contribution < 1.29 is 14.3 Å². The van der Waals surface area contributed by atoms with Crippen LogP contribution >= 0.6 is 0 Å². The van der Waals surface area contributed by atoms with E-state index in [9.17, 15) is 4.79 Å². The van der Waals surface area contributed by atoms with Crippen LogP contribution in [0.5, 0.6) is 6.01 Å². The van der Waals surface area contributed by atoms with Crippen LogP contribution in [-0.2, 0) is 4.74 Å². The minimum atomic E-state index is -0.306. The molecule has 7 nitrogen and oxygen atoms in total. The highest BCUT2D eigenvalue weighted by Crippen LogP contribution is 2.11. The molecular weight excluding hydrogens is 344 g/mol. The summed E-state index contributed by atoms with van der Waals surface area (Å²) in [5.74, 6) is 5.95. The minimum Gasteiger partial charge on any atom is -0.463 e. The number of imidazole rings is 1. The van der Waals surface area contributed by atoms with Crippen molar-refractivity contribution in [1.29, 1.82) is 0 Å². The lowest BCUT2D eigenvalue weighted by Crippen LogP contribution is -2.39. The highest BCUT2D eigenvalue weighted by atomic mass is 16.5. The van der Waals surface area contributed by atoms with Gasteiger partial charge in [-0.15, -0.1) is 0 Å². The summed E-state index contributed by atoms with van der Waals surface area (Å²) in [7, 11) is 0. The molecule has 1 aromatic heterocycles. The summed E-state index contributed by atoms with van der Waals surface area (Å²) in [5, 5.41) is 2.77. The highest BCUT2D eigenvalue weighted by Gasteiger charge is 2.15. The van der Waals surface area contributed by atoms with Crippen LogP contribution in [0.1, 0.15) is 11.3 Å². The molecular formula is C20H24N4O3. The summed E-state index contributed by atoms with van der Waals surface area (Å²) >= 11 is 0. The SMILES string of the molecule is Cc1cn(C(=O)NCC#Cc2ccccc2)c(OCCN2CCOCC2)n1. The molecule has 0 saturated carbocycles. The number of amides is 1. The maximum Gasteiger partial charge on any atom is 0.330 e. The second-order valence-electron chi connectivity index (χ2n) is 6.16. The second-order valence-corrected chi connectivity index (χ2v) is 6.16. The zero-order chi connectivity index (χ0) is 18.9. The largest absolute Gasteiger partial charge is 0.463 e. The Hall–Kier alpha value is -2.82. The molecule has 142 valence electrons. The van der Waals surface area contributed by atoms with Crippen LogP contribution < -0.4 is 10.1 Å². The number of carbonyl (C=O) groups is 1. The van der Waals surface area contributed by atoms with Crippen molar-refractivity contribution in [3.8, 4) is 17.9 Å². The van der Waals surface area contributed by atoms with Crippen LogP contribution in [0.4, 0.5) is 4.79 Å². The summed E-state index contributed by atoms with van der Waals surface area (Å²) in [6.07, 6.45) is 1.66. The number of hydrogen-bond acceptors (Lipinski definition) is 5. The molecule has 27 heavy (non-hydrogen) atoms. The van der Waals surface area contributed by atoms with E-state index in [1.807, 2.05) is 37.3 Å². The van der Waals surface area contributed by atoms with Crippen LogP contribution in [0.2, 0.25) is 0 Å². The summed E-state index contributed by atoms with van der Waals surface area (Å²) < 4.78 is 12.4. The molecule has 0 atom stereocenters. The van der Waals surface area contributed by atoms with Gasteiger partial charge >= 0.3 is 12.0 Å². The number of nitrogens with one attached hydrogen (secondary N) is 1. The van der Waals surface area contributed by atoms with E-state index in [4.69, 9.17) is 9.47 Å². The van der Waals surface area contributed by atoms with Crippen molar-refractivity contribution in [3.05, 3.63) is 47.8 Å². The molecule has 0 aliphatic carbocycles. The van der Waals surface area contributed by atoms with Gasteiger partial charge in [-0.25, -0.2) is 14.3 Å². The molecule has 1 N–H and O–H groups in total. The van der Waals surface area contributed by atoms with Gasteiger partial charge in [0.1, 0.15) is 6.61 Å². The lowest BCUT2D eigenvalue weighted by Gasteiger charge is -2.26. The van der Waals surface area contributed by atoms with Crippen LogP contribution in [0.3, 0.4) is 0 Å². The van der Waals surface area contributed by atoms with E-state index >= 15 is 0 Å². The Balaban J connectivity index is 1.50. The Morgan fingerprint density at radius 2 is 2.07 bits per heavy atom. The number of morpholine rings is 1. The van der Waals surface area contributed by atoms with Gasteiger partial charge in [-0.2, -0.15) is 0 Å². The average molecular weight is 368 g/mol. The standard InChI is InChI=1S/C20H24N4O3/c1-17-16-24(19(25)21-9-5-8-18-6-3-2-4-7-18)20(22-17)27-15-12-23-10-13-26-14-11-23/h2-4,6-7,16H,9-15H2,1H3,(H,21,25). The molecule has 0 radical (unpaired) electrons. The molecule has 1 saturated heterocycles. The van der Waals surface area contributed by atoms with Crippen molar-refractivity contribution in [1.82, 2.24) is 19.8 Å². The molecule has 1 fully saturated rings. The molecule has 1 aromatic carbocycles. The van der Waals surface area contributed by atoms with Crippen molar-refractivity contribution in [2.45, 2.75) is 6.92 Å². The van der Waals surface area contributed by atoms with E-state index in [1.54, 1.807) is 6.20 Å². The van der Waals surface area contributed by atoms with Crippen molar-refractivity contribution in [2.24, 2.45) is 0 Å². The van der Waals surface area contributed by atoms with Gasteiger partial charge < -0.3 is 14.8 Å². The Morgan fingerprint density at radius 1 is 1.30 bits per heavy atom. The minimum absolute atomic E-state index is 0.248. The third kappa shape index (κ3) is 5.84. The molecule has 1 amide bonds. The number of hydrogen-bond donors (Lipinski definition) is 1. The monoisotopic (exact) mass is 368 g/mol. The van der Waals surface area contributed by atoms with E-state index in [1.165, 1.54) is 4.57 Å². The number of aromatic nitrogens is 2. The first-order valence-electron chi connectivity index (χ1n) is 9.03. The lowest BCUT2D eigenvalue weighted by atomic mass is 10.2. The van der Waals surface area contributed by atoms with E-state index in [0.717, 1.165) is 44.1 Å². The van der Waals surface area contributed by atoms with Gasteiger partial charge in [0.2, 0.25) is 0 Å². The summed E-state index contributed by atoms with van der Waals surface area (Å²) in [4.78, 5) is 18.9. The summed E-state index contributed by atoms with van der Waals surface area (Å²) in [6, 6.07) is 9.64. The summed E-state index contributed by atoms with van der Waals surface area (Å²) in [5.41, 5.74) is 1.64. The van der Waals surface area contributed by atoms with Gasteiger partial charge in [-0.3, -0.25) is 4.90 Å². The van der Waals surface area contributed by atoms with Gasteiger partial charge in [-0.05, 0) is 19.1 Å². The van der Waals surface area contributed by atoms with Gasteiger partial charge in [-0.1, -0.05) is 30.0 Å². The molecule has 1 aliphatic rings. The fourth-order valence-corrected chi connectivity index (χ4v) is 2.69. The fraction of sp³-hybridized carbons (Fsp3) is 0.400. The highest BCUT2D eigenvalue weighted by molar-refractivity contribution is 5.78. The van der Waals surface area contributed by atoms with Crippen molar-refractivity contribution >= 4 is 6.03 Å². The molecule has 0 spiro atoms. The van der Waals surface area contributed by atoms with Crippen LogP contribution in [0.25, 0.3) is 0 Å². The Kier molecular flexibility index (Phi) is 6.85. The quantitative estimate of drug-likeness (QED) is 0.811. The number of carbonyl (C=O) groups excluding carboxylic acids is 1. The zero-order valence-corrected chi connectivity index (χ0v) is 15.5. The maximum atomic E-state index is 12.4. The number of aryl methyl sites for hydroxylation is 1. The Labute approximate surface area is 159 Å². The van der Waals surface area contributed by atoms with Crippen LogP contribution in [0, 0.1) is 18.8 Å². The van der Waals surface area contributed by atoms with E-state index in [-0.39, 0.29) is 12.6 Å². The van der Waals surface area contributed by atoms with Gasteiger partial charge in [0.15, 0.2) is 0 Å². The lowest BCUT2D eigenvalue weighted by molar-refractivity contribution is 0.0316. The van der Waals surface area contributed by atoms with E-state index in [0.29, 0.717) is 12.6 Å². The first-order chi connectivity index (χ1) is 13.2. The zero-order valence-electron chi connectivity index (χ0n) is 15.5. The smallest absolute Gasteiger partial charge is 0.330 e. The molecule has 7 heteroatoms. The second kappa shape index (κ2) is 9.76. The third-order valence-corrected chi connectivity index (χ3v) is 4.09. The predicted octanol–water partition coefficient (Wildman–Crippen LogP) is 1.51. The molecule has 2 aromatic rings. The average Bonchev–Trinajstić information content (AvgIpc) is 3.07. The topological polar surface area (TPSA) is 68.6 Å². The molecule has 3 rings (SSSR count). The fourth-order valence-electron chi connectivity index (χ4n) is 2.69. The molecule has 2 heterocycles. The number of rotatable bonds is 5. The summed E-state index contributed by atoms with van der Waals surface area (Å²) in [6.45, 7) is 6.62. The maximum absolute atomic E-state index is 12.4. The molecule has 1 aliphatic heterocycles. The van der Waals surface area contributed by atoms with Crippen molar-refractivity contribution in [3.63, 3.8) is 0 Å².